The number of rotatable bonds is 5. The van der Waals surface area contributed by atoms with Crippen LogP contribution >= 0.6 is 11.6 Å². The lowest BCUT2D eigenvalue weighted by Gasteiger charge is -2.09. The molecule has 0 saturated carbocycles. The number of nitro groups is 1. The molecule has 0 aliphatic heterocycles. The Bertz CT molecular complexity index is 710. The molecule has 0 amide bonds. The first-order chi connectivity index (χ1) is 10.1. The van der Waals surface area contributed by atoms with Crippen molar-refractivity contribution < 1.29 is 4.92 Å². The number of hydrogen-bond donors (Lipinski definition) is 1. The Hall–Kier alpha value is -2.58. The van der Waals surface area contributed by atoms with Crippen molar-refractivity contribution in [2.24, 2.45) is 0 Å². The van der Waals surface area contributed by atoms with Crippen molar-refractivity contribution in [3.05, 3.63) is 68.7 Å². The van der Waals surface area contributed by atoms with Crippen LogP contribution in [0.4, 0.5) is 11.4 Å². The van der Waals surface area contributed by atoms with Crippen LogP contribution < -0.4 is 5.32 Å². The lowest BCUT2D eigenvalue weighted by Crippen LogP contribution is -2.07. The van der Waals surface area contributed by atoms with E-state index in [9.17, 15) is 10.1 Å². The summed E-state index contributed by atoms with van der Waals surface area (Å²) in [5.74, 6) is 0. The second kappa shape index (κ2) is 6.73. The summed E-state index contributed by atoms with van der Waals surface area (Å²) in [5.41, 5.74) is 1.87. The van der Waals surface area contributed by atoms with Crippen LogP contribution in [0.2, 0.25) is 5.02 Å². The number of nitrogens with one attached hydrogen (secondary N) is 1. The van der Waals surface area contributed by atoms with E-state index in [0.29, 0.717) is 34.8 Å². The Balaban J connectivity index is 2.08. The highest BCUT2D eigenvalue weighted by molar-refractivity contribution is 6.30. The van der Waals surface area contributed by atoms with Crippen LogP contribution in [0.5, 0.6) is 0 Å². The van der Waals surface area contributed by atoms with Gasteiger partial charge in [0.15, 0.2) is 0 Å². The molecule has 5 nitrogen and oxygen atoms in total. The van der Waals surface area contributed by atoms with Gasteiger partial charge in [-0.3, -0.25) is 10.1 Å². The van der Waals surface area contributed by atoms with Gasteiger partial charge in [-0.15, -0.1) is 0 Å². The molecular formula is C15H12ClN3O2. The monoisotopic (exact) mass is 301 g/mol. The van der Waals surface area contributed by atoms with Gasteiger partial charge in [0.1, 0.15) is 6.07 Å². The minimum absolute atomic E-state index is 0.103. The van der Waals surface area contributed by atoms with E-state index in [-0.39, 0.29) is 5.69 Å². The van der Waals surface area contributed by atoms with E-state index in [0.717, 1.165) is 0 Å². The molecule has 0 aromatic heterocycles. The van der Waals surface area contributed by atoms with Crippen molar-refractivity contribution in [1.82, 2.24) is 0 Å². The number of para-hydroxylation sites is 1. The molecule has 0 fully saturated rings. The zero-order valence-corrected chi connectivity index (χ0v) is 11.8. The standard InChI is InChI=1S/C15H12ClN3O2/c16-13-6-5-12(10-17)14(9-13)18-8-7-11-3-1-2-4-15(11)19(20)21/h1-6,9,18H,7-8H2. The molecule has 1 N–H and O–H groups in total. The van der Waals surface area contributed by atoms with Crippen molar-refractivity contribution in [2.75, 3.05) is 11.9 Å². The van der Waals surface area contributed by atoms with Gasteiger partial charge in [0.2, 0.25) is 0 Å². The van der Waals surface area contributed by atoms with Gasteiger partial charge >= 0.3 is 0 Å². The molecular weight excluding hydrogens is 290 g/mol. The fourth-order valence-electron chi connectivity index (χ4n) is 1.99. The number of nitrogens with zero attached hydrogens (tertiary/aromatic N) is 2. The molecule has 0 aliphatic rings. The van der Waals surface area contributed by atoms with E-state index < -0.39 is 4.92 Å². The maximum atomic E-state index is 10.9. The molecule has 2 aromatic carbocycles. The van der Waals surface area contributed by atoms with Crippen LogP contribution in [-0.2, 0) is 6.42 Å². The fourth-order valence-corrected chi connectivity index (χ4v) is 2.16. The molecule has 0 spiro atoms. The van der Waals surface area contributed by atoms with Gasteiger partial charge in [0, 0.05) is 23.2 Å². The second-order valence-corrected chi connectivity index (χ2v) is 4.80. The van der Waals surface area contributed by atoms with E-state index in [2.05, 4.69) is 11.4 Å². The zero-order chi connectivity index (χ0) is 15.2. The van der Waals surface area contributed by atoms with Crippen LogP contribution in [0, 0.1) is 21.4 Å². The summed E-state index contributed by atoms with van der Waals surface area (Å²) < 4.78 is 0. The molecule has 0 aliphatic carbocycles. The molecule has 0 atom stereocenters. The highest BCUT2D eigenvalue weighted by Crippen LogP contribution is 2.21. The minimum Gasteiger partial charge on any atom is -0.384 e. The fraction of sp³-hybridized carbons (Fsp3) is 0.133. The van der Waals surface area contributed by atoms with Gasteiger partial charge in [-0.05, 0) is 24.6 Å². The topological polar surface area (TPSA) is 79.0 Å². The molecule has 21 heavy (non-hydrogen) atoms. The number of halogens is 1. The molecule has 2 aromatic rings. The highest BCUT2D eigenvalue weighted by Gasteiger charge is 2.11. The van der Waals surface area contributed by atoms with E-state index in [1.807, 2.05) is 0 Å². The van der Waals surface area contributed by atoms with Crippen molar-refractivity contribution in [2.45, 2.75) is 6.42 Å². The third-order valence-electron chi connectivity index (χ3n) is 3.00. The molecule has 0 heterocycles. The van der Waals surface area contributed by atoms with Crippen LogP contribution in [0.15, 0.2) is 42.5 Å². The van der Waals surface area contributed by atoms with E-state index in [4.69, 9.17) is 16.9 Å². The third kappa shape index (κ3) is 3.71. The summed E-state index contributed by atoms with van der Waals surface area (Å²) in [4.78, 5) is 10.5. The van der Waals surface area contributed by atoms with Crippen LogP contribution in [0.25, 0.3) is 0 Å². The second-order valence-electron chi connectivity index (χ2n) is 4.36. The third-order valence-corrected chi connectivity index (χ3v) is 3.24. The first-order valence-electron chi connectivity index (χ1n) is 6.27. The molecule has 0 radical (unpaired) electrons. The average molecular weight is 302 g/mol. The largest absolute Gasteiger partial charge is 0.384 e. The highest BCUT2D eigenvalue weighted by atomic mass is 35.5. The number of nitro benzene ring substituents is 1. The number of nitriles is 1. The maximum absolute atomic E-state index is 10.9. The van der Waals surface area contributed by atoms with Gasteiger partial charge in [-0.1, -0.05) is 29.8 Å². The summed E-state index contributed by atoms with van der Waals surface area (Å²) in [6.07, 6.45) is 0.481. The molecule has 0 unspecified atom stereocenters. The number of hydrogen-bond acceptors (Lipinski definition) is 4. The Kier molecular flexibility index (Phi) is 4.75. The average Bonchev–Trinajstić information content (AvgIpc) is 2.48. The molecule has 0 bridgehead atoms. The van der Waals surface area contributed by atoms with Crippen molar-refractivity contribution >= 4 is 23.0 Å². The Labute approximate surface area is 126 Å². The van der Waals surface area contributed by atoms with E-state index >= 15 is 0 Å². The minimum atomic E-state index is -0.393. The van der Waals surface area contributed by atoms with Crippen LogP contribution in [-0.4, -0.2) is 11.5 Å². The predicted molar refractivity (Wildman–Crippen MR) is 81.5 cm³/mol. The first-order valence-corrected chi connectivity index (χ1v) is 6.65. The Morgan fingerprint density at radius 2 is 2.05 bits per heavy atom. The van der Waals surface area contributed by atoms with Gasteiger partial charge in [0.05, 0.1) is 16.2 Å². The van der Waals surface area contributed by atoms with Crippen molar-refractivity contribution in [3.8, 4) is 6.07 Å². The van der Waals surface area contributed by atoms with Gasteiger partial charge < -0.3 is 5.32 Å². The summed E-state index contributed by atoms with van der Waals surface area (Å²) in [6, 6.07) is 13.6. The molecule has 6 heteroatoms. The lowest BCUT2D eigenvalue weighted by atomic mass is 10.1. The van der Waals surface area contributed by atoms with E-state index in [1.165, 1.54) is 6.07 Å². The Morgan fingerprint density at radius 1 is 1.29 bits per heavy atom. The zero-order valence-electron chi connectivity index (χ0n) is 11.0. The lowest BCUT2D eigenvalue weighted by molar-refractivity contribution is -0.385. The van der Waals surface area contributed by atoms with Gasteiger partial charge in [-0.25, -0.2) is 0 Å². The van der Waals surface area contributed by atoms with Gasteiger partial charge in [-0.2, -0.15) is 5.26 Å². The van der Waals surface area contributed by atoms with Crippen molar-refractivity contribution in [1.29, 1.82) is 5.26 Å². The van der Waals surface area contributed by atoms with Crippen LogP contribution in [0.1, 0.15) is 11.1 Å². The molecule has 106 valence electrons. The first kappa shape index (κ1) is 14.8. The number of anilines is 1. The SMILES string of the molecule is N#Cc1ccc(Cl)cc1NCCc1ccccc1[N+](=O)[O-]. The molecule has 0 saturated heterocycles. The van der Waals surface area contributed by atoms with E-state index in [1.54, 1.807) is 36.4 Å². The summed E-state index contributed by atoms with van der Waals surface area (Å²) in [7, 11) is 0. The molecule has 2 rings (SSSR count). The summed E-state index contributed by atoms with van der Waals surface area (Å²) >= 11 is 5.90. The van der Waals surface area contributed by atoms with Gasteiger partial charge in [0.25, 0.3) is 5.69 Å². The predicted octanol–water partition coefficient (Wildman–Crippen LogP) is 3.77. The number of benzene rings is 2. The summed E-state index contributed by atoms with van der Waals surface area (Å²) in [6.45, 7) is 0.472. The quantitative estimate of drug-likeness (QED) is 0.673. The maximum Gasteiger partial charge on any atom is 0.272 e. The Morgan fingerprint density at radius 3 is 2.76 bits per heavy atom. The smallest absolute Gasteiger partial charge is 0.272 e. The summed E-state index contributed by atoms with van der Waals surface area (Å²) in [5, 5.41) is 23.6. The van der Waals surface area contributed by atoms with Crippen molar-refractivity contribution in [3.63, 3.8) is 0 Å². The normalized spacial score (nSPS) is 9.90. The van der Waals surface area contributed by atoms with Crippen LogP contribution in [0.3, 0.4) is 0 Å².